The molecule has 0 radical (unpaired) electrons. The van der Waals surface area contributed by atoms with Crippen LogP contribution in [0.25, 0.3) is 11.3 Å². The third-order valence-corrected chi connectivity index (χ3v) is 2.81. The van der Waals surface area contributed by atoms with Crippen LogP contribution < -0.4 is 5.73 Å². The van der Waals surface area contributed by atoms with Gasteiger partial charge in [-0.15, -0.1) is 0 Å². The molecule has 0 aliphatic rings. The van der Waals surface area contributed by atoms with E-state index in [0.717, 1.165) is 22.4 Å². The van der Waals surface area contributed by atoms with Gasteiger partial charge in [-0.05, 0) is 19.9 Å². The Morgan fingerprint density at radius 1 is 1.35 bits per heavy atom. The van der Waals surface area contributed by atoms with E-state index >= 15 is 0 Å². The molecular weight excluding hydrogens is 214 g/mol. The maximum atomic E-state index is 11.3. The van der Waals surface area contributed by atoms with E-state index in [1.807, 2.05) is 38.1 Å². The summed E-state index contributed by atoms with van der Waals surface area (Å²) in [6.45, 7) is 3.89. The standard InChI is InChI=1S/C13H15N3O/c1-8-5-4-6-10(7-8)11-9(2)12(13(14)17)16(3)15-11/h4-7H,1-3H3,(H2,14,17). The maximum Gasteiger partial charge on any atom is 0.267 e. The molecule has 88 valence electrons. The molecule has 1 heterocycles. The van der Waals surface area contributed by atoms with Gasteiger partial charge < -0.3 is 5.73 Å². The first-order valence-electron chi connectivity index (χ1n) is 5.41. The largest absolute Gasteiger partial charge is 0.364 e. The number of primary amides is 1. The molecule has 2 N–H and O–H groups in total. The van der Waals surface area contributed by atoms with E-state index in [1.165, 1.54) is 4.68 Å². The van der Waals surface area contributed by atoms with Crippen LogP contribution in [0.2, 0.25) is 0 Å². The van der Waals surface area contributed by atoms with Crippen molar-refractivity contribution in [2.75, 3.05) is 0 Å². The van der Waals surface area contributed by atoms with Gasteiger partial charge in [0.25, 0.3) is 5.91 Å². The molecule has 0 spiro atoms. The second-order valence-corrected chi connectivity index (χ2v) is 4.18. The van der Waals surface area contributed by atoms with Gasteiger partial charge in [0, 0.05) is 18.2 Å². The summed E-state index contributed by atoms with van der Waals surface area (Å²) in [5.41, 5.74) is 9.60. The molecule has 1 aromatic heterocycles. The Kier molecular flexibility index (Phi) is 2.71. The van der Waals surface area contributed by atoms with Crippen LogP contribution in [-0.4, -0.2) is 15.7 Å². The first kappa shape index (κ1) is 11.4. The van der Waals surface area contributed by atoms with E-state index in [4.69, 9.17) is 5.73 Å². The van der Waals surface area contributed by atoms with E-state index in [9.17, 15) is 4.79 Å². The summed E-state index contributed by atoms with van der Waals surface area (Å²) in [6.07, 6.45) is 0. The number of nitrogens with two attached hydrogens (primary N) is 1. The first-order valence-corrected chi connectivity index (χ1v) is 5.41. The van der Waals surface area contributed by atoms with E-state index in [2.05, 4.69) is 5.10 Å². The molecule has 0 saturated heterocycles. The van der Waals surface area contributed by atoms with Crippen molar-refractivity contribution < 1.29 is 4.79 Å². The second kappa shape index (κ2) is 4.05. The molecule has 0 aliphatic heterocycles. The predicted octanol–water partition coefficient (Wildman–Crippen LogP) is 1.80. The number of nitrogens with zero attached hydrogens (tertiary/aromatic N) is 2. The topological polar surface area (TPSA) is 60.9 Å². The fourth-order valence-electron chi connectivity index (χ4n) is 2.04. The van der Waals surface area contributed by atoms with Crippen LogP contribution in [0.4, 0.5) is 0 Å². The number of aryl methyl sites for hydroxylation is 2. The molecule has 4 heteroatoms. The summed E-state index contributed by atoms with van der Waals surface area (Å²) in [7, 11) is 1.73. The zero-order valence-corrected chi connectivity index (χ0v) is 10.2. The monoisotopic (exact) mass is 229 g/mol. The normalized spacial score (nSPS) is 10.5. The average molecular weight is 229 g/mol. The molecule has 0 bridgehead atoms. The number of aromatic nitrogens is 2. The van der Waals surface area contributed by atoms with Crippen molar-refractivity contribution in [3.05, 3.63) is 41.1 Å². The number of hydrogen-bond acceptors (Lipinski definition) is 2. The molecule has 17 heavy (non-hydrogen) atoms. The Labute approximate surface area is 100 Å². The van der Waals surface area contributed by atoms with Crippen LogP contribution in [-0.2, 0) is 7.05 Å². The summed E-state index contributed by atoms with van der Waals surface area (Å²) in [5.74, 6) is -0.448. The third kappa shape index (κ3) is 1.93. The van der Waals surface area contributed by atoms with Crippen molar-refractivity contribution in [1.29, 1.82) is 0 Å². The quantitative estimate of drug-likeness (QED) is 0.853. The molecule has 0 unspecified atom stereocenters. The average Bonchev–Trinajstić information content (AvgIpc) is 2.54. The Balaban J connectivity index is 2.62. The van der Waals surface area contributed by atoms with Gasteiger partial charge in [-0.3, -0.25) is 9.48 Å². The Hall–Kier alpha value is -2.10. The molecule has 1 aromatic carbocycles. The van der Waals surface area contributed by atoms with Gasteiger partial charge in [-0.2, -0.15) is 5.10 Å². The van der Waals surface area contributed by atoms with Gasteiger partial charge in [0.1, 0.15) is 5.69 Å². The SMILES string of the molecule is Cc1cccc(-c2nn(C)c(C(N)=O)c2C)c1. The lowest BCUT2D eigenvalue weighted by atomic mass is 10.0. The lowest BCUT2D eigenvalue weighted by Gasteiger charge is -2.00. The Bertz CT molecular complexity index is 584. The number of carbonyl (C=O) groups is 1. The minimum Gasteiger partial charge on any atom is -0.364 e. The number of benzene rings is 1. The molecule has 2 rings (SSSR count). The van der Waals surface area contributed by atoms with Crippen molar-refractivity contribution >= 4 is 5.91 Å². The summed E-state index contributed by atoms with van der Waals surface area (Å²) in [6, 6.07) is 8.02. The van der Waals surface area contributed by atoms with Gasteiger partial charge >= 0.3 is 0 Å². The van der Waals surface area contributed by atoms with Crippen molar-refractivity contribution in [3.63, 3.8) is 0 Å². The van der Waals surface area contributed by atoms with Crippen molar-refractivity contribution in [1.82, 2.24) is 9.78 Å². The maximum absolute atomic E-state index is 11.3. The van der Waals surface area contributed by atoms with Gasteiger partial charge in [0.05, 0.1) is 5.69 Å². The second-order valence-electron chi connectivity index (χ2n) is 4.18. The van der Waals surface area contributed by atoms with E-state index in [-0.39, 0.29) is 0 Å². The molecule has 0 aliphatic carbocycles. The fourth-order valence-corrected chi connectivity index (χ4v) is 2.04. The molecular formula is C13H15N3O. The van der Waals surface area contributed by atoms with Gasteiger partial charge in [-0.1, -0.05) is 23.8 Å². The van der Waals surface area contributed by atoms with E-state index in [1.54, 1.807) is 7.05 Å². The molecule has 2 aromatic rings. The van der Waals surface area contributed by atoms with Crippen LogP contribution in [0.5, 0.6) is 0 Å². The van der Waals surface area contributed by atoms with Gasteiger partial charge in [0.15, 0.2) is 0 Å². The lowest BCUT2D eigenvalue weighted by molar-refractivity contribution is 0.0991. The predicted molar refractivity (Wildman–Crippen MR) is 66.6 cm³/mol. The highest BCUT2D eigenvalue weighted by Gasteiger charge is 2.17. The molecule has 0 saturated carbocycles. The van der Waals surface area contributed by atoms with Gasteiger partial charge in [-0.25, -0.2) is 0 Å². The fraction of sp³-hybridized carbons (Fsp3) is 0.231. The van der Waals surface area contributed by atoms with Crippen LogP contribution >= 0.6 is 0 Å². The molecule has 0 fully saturated rings. The summed E-state index contributed by atoms with van der Waals surface area (Å²) in [5, 5.41) is 4.36. The van der Waals surface area contributed by atoms with Crippen molar-refractivity contribution in [2.45, 2.75) is 13.8 Å². The Morgan fingerprint density at radius 2 is 2.06 bits per heavy atom. The number of amides is 1. The third-order valence-electron chi connectivity index (χ3n) is 2.81. The number of hydrogen-bond donors (Lipinski definition) is 1. The number of carbonyl (C=O) groups excluding carboxylic acids is 1. The summed E-state index contributed by atoms with van der Waals surface area (Å²) >= 11 is 0. The smallest absolute Gasteiger partial charge is 0.267 e. The van der Waals surface area contributed by atoms with E-state index in [0.29, 0.717) is 5.69 Å². The number of rotatable bonds is 2. The minimum atomic E-state index is -0.448. The lowest BCUT2D eigenvalue weighted by Crippen LogP contribution is -2.16. The highest BCUT2D eigenvalue weighted by molar-refractivity contribution is 5.94. The highest BCUT2D eigenvalue weighted by atomic mass is 16.1. The van der Waals surface area contributed by atoms with E-state index < -0.39 is 5.91 Å². The van der Waals surface area contributed by atoms with Crippen molar-refractivity contribution in [2.24, 2.45) is 12.8 Å². The Morgan fingerprint density at radius 3 is 2.59 bits per heavy atom. The molecule has 4 nitrogen and oxygen atoms in total. The first-order chi connectivity index (χ1) is 8.00. The minimum absolute atomic E-state index is 0.448. The van der Waals surface area contributed by atoms with Crippen LogP contribution in [0.15, 0.2) is 24.3 Å². The summed E-state index contributed by atoms with van der Waals surface area (Å²) < 4.78 is 1.54. The zero-order chi connectivity index (χ0) is 12.6. The molecule has 1 amide bonds. The zero-order valence-electron chi connectivity index (χ0n) is 10.2. The highest BCUT2D eigenvalue weighted by Crippen LogP contribution is 2.24. The summed E-state index contributed by atoms with van der Waals surface area (Å²) in [4.78, 5) is 11.3. The van der Waals surface area contributed by atoms with Gasteiger partial charge in [0.2, 0.25) is 0 Å². The van der Waals surface area contributed by atoms with Crippen LogP contribution in [0.3, 0.4) is 0 Å². The molecule has 0 atom stereocenters. The van der Waals surface area contributed by atoms with Crippen LogP contribution in [0.1, 0.15) is 21.6 Å². The van der Waals surface area contributed by atoms with Crippen molar-refractivity contribution in [3.8, 4) is 11.3 Å². The van der Waals surface area contributed by atoms with Crippen LogP contribution in [0, 0.1) is 13.8 Å².